The van der Waals surface area contributed by atoms with Crippen molar-refractivity contribution < 1.29 is 22.0 Å². The van der Waals surface area contributed by atoms with E-state index >= 15 is 0 Å². The molecule has 0 unspecified atom stereocenters. The molecule has 0 aliphatic carbocycles. The van der Waals surface area contributed by atoms with Crippen LogP contribution in [0.5, 0.6) is 0 Å². The fraction of sp³-hybridized carbons (Fsp3) is 0.500. The van der Waals surface area contributed by atoms with Crippen molar-refractivity contribution in [2.45, 2.75) is 19.0 Å². The number of hydrogen-bond donors (Lipinski definition) is 1. The first kappa shape index (κ1) is 13.9. The van der Waals surface area contributed by atoms with Gasteiger partial charge in [0.2, 0.25) is 0 Å². The molecule has 106 valence electrons. The molecule has 19 heavy (non-hydrogen) atoms. The minimum absolute atomic E-state index is 0.0259. The van der Waals surface area contributed by atoms with Crippen molar-refractivity contribution in [3.63, 3.8) is 0 Å². The number of hydrogen-bond acceptors (Lipinski definition) is 2. The summed E-state index contributed by atoms with van der Waals surface area (Å²) in [6, 6.07) is 1.93. The van der Waals surface area contributed by atoms with Crippen LogP contribution in [-0.2, 0) is 0 Å². The minimum Gasteiger partial charge on any atom is -0.399 e. The minimum atomic E-state index is -4.25. The van der Waals surface area contributed by atoms with Gasteiger partial charge in [-0.2, -0.15) is 13.2 Å². The Morgan fingerprint density at radius 1 is 1.05 bits per heavy atom. The van der Waals surface area contributed by atoms with Gasteiger partial charge in [0.15, 0.2) is 11.6 Å². The van der Waals surface area contributed by atoms with Gasteiger partial charge in [-0.05, 0) is 25.0 Å². The van der Waals surface area contributed by atoms with E-state index in [0.717, 1.165) is 12.1 Å². The van der Waals surface area contributed by atoms with Crippen molar-refractivity contribution in [2.75, 3.05) is 23.7 Å². The number of halogens is 5. The Hall–Kier alpha value is -1.53. The molecule has 0 spiro atoms. The first-order chi connectivity index (χ1) is 8.79. The number of piperidine rings is 1. The van der Waals surface area contributed by atoms with Crippen LogP contribution in [0.3, 0.4) is 0 Å². The quantitative estimate of drug-likeness (QED) is 0.631. The molecule has 0 amide bonds. The average Bonchev–Trinajstić information content (AvgIpc) is 2.27. The van der Waals surface area contributed by atoms with Gasteiger partial charge in [0, 0.05) is 18.8 Å². The van der Waals surface area contributed by atoms with Gasteiger partial charge < -0.3 is 10.6 Å². The molecule has 1 fully saturated rings. The number of benzene rings is 1. The van der Waals surface area contributed by atoms with Crippen LogP contribution in [0.2, 0.25) is 0 Å². The van der Waals surface area contributed by atoms with Gasteiger partial charge in [-0.25, -0.2) is 8.78 Å². The van der Waals surface area contributed by atoms with Crippen molar-refractivity contribution in [3.8, 4) is 0 Å². The zero-order valence-electron chi connectivity index (χ0n) is 9.97. The number of nitrogen functional groups attached to an aromatic ring is 1. The summed E-state index contributed by atoms with van der Waals surface area (Å²) in [6.45, 7) is -0.0517. The fourth-order valence-corrected chi connectivity index (χ4v) is 2.32. The lowest BCUT2D eigenvalue weighted by atomic mass is 9.96. The van der Waals surface area contributed by atoms with E-state index in [4.69, 9.17) is 5.73 Å². The monoisotopic (exact) mass is 280 g/mol. The molecule has 1 aromatic carbocycles. The molecule has 2 N–H and O–H groups in total. The summed E-state index contributed by atoms with van der Waals surface area (Å²) in [7, 11) is 0. The van der Waals surface area contributed by atoms with Gasteiger partial charge in [0.1, 0.15) is 5.69 Å². The number of alkyl halides is 3. The van der Waals surface area contributed by atoms with Crippen LogP contribution in [0.25, 0.3) is 0 Å². The van der Waals surface area contributed by atoms with Crippen LogP contribution < -0.4 is 10.6 Å². The second-order valence-corrected chi connectivity index (χ2v) is 4.64. The molecule has 1 aliphatic rings. The van der Waals surface area contributed by atoms with Crippen molar-refractivity contribution in [3.05, 3.63) is 23.8 Å². The highest BCUT2D eigenvalue weighted by molar-refractivity contribution is 5.56. The van der Waals surface area contributed by atoms with Crippen molar-refractivity contribution in [1.29, 1.82) is 0 Å². The Morgan fingerprint density at radius 2 is 1.53 bits per heavy atom. The van der Waals surface area contributed by atoms with Crippen molar-refractivity contribution in [1.82, 2.24) is 0 Å². The topological polar surface area (TPSA) is 29.3 Å². The standard InChI is InChI=1S/C12H13F5N2/c13-9-5-8(18)6-10(14)11(9)19-3-1-7(2-4-19)12(15,16)17/h5-7H,1-4,18H2. The van der Waals surface area contributed by atoms with Crippen LogP contribution >= 0.6 is 0 Å². The molecule has 1 saturated heterocycles. The molecule has 2 rings (SSSR count). The van der Waals surface area contributed by atoms with E-state index in [0.29, 0.717) is 0 Å². The van der Waals surface area contributed by atoms with Crippen LogP contribution in [0, 0.1) is 17.6 Å². The zero-order chi connectivity index (χ0) is 14.2. The van der Waals surface area contributed by atoms with Crippen molar-refractivity contribution in [2.24, 2.45) is 5.92 Å². The maximum absolute atomic E-state index is 13.6. The van der Waals surface area contributed by atoms with Crippen LogP contribution in [-0.4, -0.2) is 19.3 Å². The number of rotatable bonds is 1. The van der Waals surface area contributed by atoms with Gasteiger partial charge in [-0.1, -0.05) is 0 Å². The predicted molar refractivity (Wildman–Crippen MR) is 61.8 cm³/mol. The highest BCUT2D eigenvalue weighted by Crippen LogP contribution is 2.36. The van der Waals surface area contributed by atoms with Crippen LogP contribution in [0.15, 0.2) is 12.1 Å². The Labute approximate surface area is 107 Å². The van der Waals surface area contributed by atoms with Crippen LogP contribution in [0.4, 0.5) is 33.3 Å². The molecule has 0 atom stereocenters. The lowest BCUT2D eigenvalue weighted by Crippen LogP contribution is -2.39. The summed E-state index contributed by atoms with van der Waals surface area (Å²) < 4.78 is 64.8. The van der Waals surface area contributed by atoms with Gasteiger partial charge in [-0.3, -0.25) is 0 Å². The highest BCUT2D eigenvalue weighted by Gasteiger charge is 2.41. The lowest BCUT2D eigenvalue weighted by molar-refractivity contribution is -0.179. The van der Waals surface area contributed by atoms with E-state index in [-0.39, 0.29) is 37.3 Å². The van der Waals surface area contributed by atoms with E-state index in [1.807, 2.05) is 0 Å². The molecule has 2 nitrogen and oxygen atoms in total. The predicted octanol–water partition coefficient (Wildman–Crippen LogP) is 3.33. The summed E-state index contributed by atoms with van der Waals surface area (Å²) in [5.74, 6) is -3.09. The molecule has 1 heterocycles. The highest BCUT2D eigenvalue weighted by atomic mass is 19.4. The molecule has 1 aromatic rings. The van der Waals surface area contributed by atoms with Gasteiger partial charge in [-0.15, -0.1) is 0 Å². The van der Waals surface area contributed by atoms with Gasteiger partial charge in [0.05, 0.1) is 5.92 Å². The SMILES string of the molecule is Nc1cc(F)c(N2CCC(C(F)(F)F)CC2)c(F)c1. The summed E-state index contributed by atoms with van der Waals surface area (Å²) in [6.07, 6.45) is -4.57. The third-order valence-electron chi connectivity index (χ3n) is 3.31. The van der Waals surface area contributed by atoms with E-state index in [1.165, 1.54) is 4.90 Å². The maximum Gasteiger partial charge on any atom is 0.391 e. The zero-order valence-corrected chi connectivity index (χ0v) is 9.97. The Kier molecular flexibility index (Phi) is 3.56. The van der Waals surface area contributed by atoms with E-state index in [2.05, 4.69) is 0 Å². The summed E-state index contributed by atoms with van der Waals surface area (Å²) in [5.41, 5.74) is 4.94. The molecular formula is C12H13F5N2. The normalized spacial score (nSPS) is 17.8. The third-order valence-corrected chi connectivity index (χ3v) is 3.31. The Balaban J connectivity index is 2.14. The molecule has 0 aromatic heterocycles. The Bertz CT molecular complexity index is 441. The molecule has 0 bridgehead atoms. The lowest BCUT2D eigenvalue weighted by Gasteiger charge is -2.34. The van der Waals surface area contributed by atoms with Gasteiger partial charge >= 0.3 is 6.18 Å². The Morgan fingerprint density at radius 3 is 1.95 bits per heavy atom. The summed E-state index contributed by atoms with van der Waals surface area (Å²) in [5, 5.41) is 0. The summed E-state index contributed by atoms with van der Waals surface area (Å²) in [4.78, 5) is 1.30. The van der Waals surface area contributed by atoms with Gasteiger partial charge in [0.25, 0.3) is 0 Å². The van der Waals surface area contributed by atoms with E-state index in [9.17, 15) is 22.0 Å². The first-order valence-electron chi connectivity index (χ1n) is 5.85. The van der Waals surface area contributed by atoms with E-state index in [1.54, 1.807) is 0 Å². The first-order valence-corrected chi connectivity index (χ1v) is 5.85. The second-order valence-electron chi connectivity index (χ2n) is 4.64. The summed E-state index contributed by atoms with van der Waals surface area (Å²) >= 11 is 0. The maximum atomic E-state index is 13.6. The molecule has 7 heteroatoms. The molecule has 0 radical (unpaired) electrons. The second kappa shape index (κ2) is 4.86. The number of anilines is 2. The van der Waals surface area contributed by atoms with Crippen molar-refractivity contribution >= 4 is 11.4 Å². The third kappa shape index (κ3) is 2.90. The molecular weight excluding hydrogens is 267 g/mol. The molecule has 0 saturated carbocycles. The number of nitrogens with zero attached hydrogens (tertiary/aromatic N) is 1. The molecule has 1 aliphatic heterocycles. The fourth-order valence-electron chi connectivity index (χ4n) is 2.32. The van der Waals surface area contributed by atoms with E-state index < -0.39 is 23.7 Å². The number of nitrogens with two attached hydrogens (primary N) is 1. The van der Waals surface area contributed by atoms with Crippen LogP contribution in [0.1, 0.15) is 12.8 Å². The smallest absolute Gasteiger partial charge is 0.391 e. The largest absolute Gasteiger partial charge is 0.399 e. The average molecular weight is 280 g/mol.